The molecule has 110 valence electrons. The van der Waals surface area contributed by atoms with Gasteiger partial charge in [0.15, 0.2) is 5.58 Å². The van der Waals surface area contributed by atoms with Crippen LogP contribution in [0.1, 0.15) is 5.56 Å². The van der Waals surface area contributed by atoms with E-state index in [4.69, 9.17) is 4.42 Å². The van der Waals surface area contributed by atoms with Gasteiger partial charge in [0.25, 0.3) is 5.82 Å². The Morgan fingerprint density at radius 3 is 2.64 bits per heavy atom. The van der Waals surface area contributed by atoms with Crippen molar-refractivity contribution >= 4 is 21.9 Å². The molecular formula is C18H16FN2O+. The monoisotopic (exact) mass is 295 g/mol. The summed E-state index contributed by atoms with van der Waals surface area (Å²) in [7, 11) is 4.02. The summed E-state index contributed by atoms with van der Waals surface area (Å²) in [4.78, 5) is 0. The highest BCUT2D eigenvalue weighted by Crippen LogP contribution is 2.36. The normalized spacial score (nSPS) is 11.6. The highest BCUT2D eigenvalue weighted by molar-refractivity contribution is 6.09. The summed E-state index contributed by atoms with van der Waals surface area (Å²) >= 11 is 0. The number of imidazole rings is 1. The van der Waals surface area contributed by atoms with Gasteiger partial charge in [-0.25, -0.2) is 13.5 Å². The first-order valence-electron chi connectivity index (χ1n) is 7.19. The average Bonchev–Trinajstić information content (AvgIpc) is 3.00. The van der Waals surface area contributed by atoms with E-state index in [1.54, 1.807) is 6.07 Å². The van der Waals surface area contributed by atoms with Crippen LogP contribution in [0.25, 0.3) is 33.3 Å². The third-order valence-electron chi connectivity index (χ3n) is 4.22. The van der Waals surface area contributed by atoms with Gasteiger partial charge in [-0.2, -0.15) is 0 Å². The van der Waals surface area contributed by atoms with Crippen LogP contribution in [0.15, 0.2) is 47.1 Å². The predicted octanol–water partition coefficient (Wildman–Crippen LogP) is 3.86. The summed E-state index contributed by atoms with van der Waals surface area (Å²) in [6.07, 6.45) is 4.02. The number of rotatable bonds is 1. The molecule has 4 aromatic rings. The van der Waals surface area contributed by atoms with Crippen LogP contribution < -0.4 is 4.57 Å². The minimum absolute atomic E-state index is 0.283. The van der Waals surface area contributed by atoms with Crippen molar-refractivity contribution in [1.82, 2.24) is 4.57 Å². The number of aromatic nitrogens is 2. The summed E-state index contributed by atoms with van der Waals surface area (Å²) < 4.78 is 23.6. The lowest BCUT2D eigenvalue weighted by atomic mass is 10.0. The van der Waals surface area contributed by atoms with Crippen LogP contribution in [-0.4, -0.2) is 4.57 Å². The first-order chi connectivity index (χ1) is 10.6. The van der Waals surface area contributed by atoms with Gasteiger partial charge in [-0.1, -0.05) is 12.1 Å². The van der Waals surface area contributed by atoms with E-state index in [1.165, 1.54) is 12.1 Å². The minimum Gasteiger partial charge on any atom is -0.455 e. The molecule has 0 radical (unpaired) electrons. The molecule has 4 heteroatoms. The number of furan rings is 1. The predicted molar refractivity (Wildman–Crippen MR) is 84.0 cm³/mol. The summed E-state index contributed by atoms with van der Waals surface area (Å²) in [6, 6.07) is 8.82. The lowest BCUT2D eigenvalue weighted by Gasteiger charge is -2.04. The van der Waals surface area contributed by atoms with Crippen LogP contribution in [0, 0.1) is 12.7 Å². The summed E-state index contributed by atoms with van der Waals surface area (Å²) in [5, 5.41) is 1.95. The Bertz CT molecular complexity index is 1010. The number of nitrogens with zero attached hydrogens (tertiary/aromatic N) is 2. The third-order valence-corrected chi connectivity index (χ3v) is 4.22. The second kappa shape index (κ2) is 4.44. The largest absolute Gasteiger partial charge is 0.455 e. The van der Waals surface area contributed by atoms with E-state index in [9.17, 15) is 4.39 Å². The van der Waals surface area contributed by atoms with Crippen molar-refractivity contribution < 1.29 is 13.4 Å². The van der Waals surface area contributed by atoms with E-state index in [0.717, 1.165) is 33.3 Å². The van der Waals surface area contributed by atoms with Gasteiger partial charge >= 0.3 is 0 Å². The first-order valence-corrected chi connectivity index (χ1v) is 7.19. The lowest BCUT2D eigenvalue weighted by molar-refractivity contribution is -0.659. The van der Waals surface area contributed by atoms with Crippen molar-refractivity contribution in [3.63, 3.8) is 0 Å². The maximum atomic E-state index is 13.5. The van der Waals surface area contributed by atoms with Crippen LogP contribution in [0.4, 0.5) is 4.39 Å². The fraction of sp³-hybridized carbons (Fsp3) is 0.167. The molecule has 0 fully saturated rings. The Morgan fingerprint density at radius 1 is 1.14 bits per heavy atom. The maximum absolute atomic E-state index is 13.5. The topological polar surface area (TPSA) is 21.9 Å². The van der Waals surface area contributed by atoms with Gasteiger partial charge in [-0.15, -0.1) is 0 Å². The number of hydrogen-bond acceptors (Lipinski definition) is 1. The van der Waals surface area contributed by atoms with E-state index < -0.39 is 0 Å². The molecule has 0 aliphatic carbocycles. The SMILES string of the molecule is Cc1ccc2c(oc3cc(F)ccc32)c1-c1n(C)cc[n+]1C. The number of fused-ring (bicyclic) bond motifs is 3. The van der Waals surface area contributed by atoms with Gasteiger partial charge in [0, 0.05) is 16.8 Å². The molecule has 0 unspecified atom stereocenters. The zero-order chi connectivity index (χ0) is 15.4. The Kier molecular flexibility index (Phi) is 2.64. The molecule has 0 spiro atoms. The van der Waals surface area contributed by atoms with E-state index in [0.29, 0.717) is 5.58 Å². The zero-order valence-corrected chi connectivity index (χ0v) is 12.7. The Balaban J connectivity index is 2.18. The second-order valence-corrected chi connectivity index (χ2v) is 5.72. The molecule has 0 aliphatic rings. The average molecular weight is 295 g/mol. The van der Waals surface area contributed by atoms with Gasteiger partial charge in [-0.05, 0) is 24.6 Å². The van der Waals surface area contributed by atoms with Crippen LogP contribution in [0.3, 0.4) is 0 Å². The van der Waals surface area contributed by atoms with Crippen LogP contribution in [0.5, 0.6) is 0 Å². The molecule has 2 aromatic carbocycles. The van der Waals surface area contributed by atoms with Gasteiger partial charge in [-0.3, -0.25) is 0 Å². The van der Waals surface area contributed by atoms with Gasteiger partial charge < -0.3 is 4.42 Å². The Morgan fingerprint density at radius 2 is 1.91 bits per heavy atom. The molecule has 4 rings (SSSR count). The fourth-order valence-electron chi connectivity index (χ4n) is 3.13. The van der Waals surface area contributed by atoms with Crippen LogP contribution >= 0.6 is 0 Å². The molecule has 22 heavy (non-hydrogen) atoms. The number of aryl methyl sites for hydroxylation is 3. The van der Waals surface area contributed by atoms with Gasteiger partial charge in [0.1, 0.15) is 29.4 Å². The summed E-state index contributed by atoms with van der Waals surface area (Å²) in [5.41, 5.74) is 3.56. The number of benzene rings is 2. The number of hydrogen-bond donors (Lipinski definition) is 0. The number of halogens is 1. The molecule has 0 saturated carbocycles. The summed E-state index contributed by atoms with van der Waals surface area (Å²) in [6.45, 7) is 2.07. The molecule has 0 N–H and O–H groups in total. The van der Waals surface area contributed by atoms with Crippen molar-refractivity contribution in [2.24, 2.45) is 14.1 Å². The molecule has 0 aliphatic heterocycles. The zero-order valence-electron chi connectivity index (χ0n) is 12.7. The Labute approximate surface area is 127 Å². The van der Waals surface area contributed by atoms with Crippen LogP contribution in [0.2, 0.25) is 0 Å². The highest BCUT2D eigenvalue weighted by atomic mass is 19.1. The second-order valence-electron chi connectivity index (χ2n) is 5.72. The lowest BCUT2D eigenvalue weighted by Crippen LogP contribution is -2.29. The van der Waals surface area contributed by atoms with E-state index in [2.05, 4.69) is 22.1 Å². The van der Waals surface area contributed by atoms with E-state index in [-0.39, 0.29) is 5.82 Å². The van der Waals surface area contributed by atoms with E-state index >= 15 is 0 Å². The molecule has 0 atom stereocenters. The molecule has 0 saturated heterocycles. The smallest absolute Gasteiger partial charge is 0.292 e. The Hall–Kier alpha value is -2.62. The molecule has 2 heterocycles. The van der Waals surface area contributed by atoms with E-state index in [1.807, 2.05) is 32.6 Å². The maximum Gasteiger partial charge on any atom is 0.292 e. The standard InChI is InChI=1S/C18H16FN2O/c1-11-4-6-14-13-7-5-12(19)10-15(13)22-17(14)16(11)18-20(2)8-9-21(18)3/h4-10H,1-3H3/q+1. The molecular weight excluding hydrogens is 279 g/mol. The highest BCUT2D eigenvalue weighted by Gasteiger charge is 2.23. The third kappa shape index (κ3) is 1.70. The first kappa shape index (κ1) is 13.1. The molecule has 3 nitrogen and oxygen atoms in total. The molecule has 2 aromatic heterocycles. The quantitative estimate of drug-likeness (QED) is 0.489. The summed E-state index contributed by atoms with van der Waals surface area (Å²) in [5.74, 6) is 0.775. The molecule has 0 bridgehead atoms. The van der Waals surface area contributed by atoms with Gasteiger partial charge in [0.2, 0.25) is 0 Å². The van der Waals surface area contributed by atoms with Crippen LogP contribution in [-0.2, 0) is 14.1 Å². The molecule has 0 amide bonds. The van der Waals surface area contributed by atoms with Crippen molar-refractivity contribution in [2.75, 3.05) is 0 Å². The van der Waals surface area contributed by atoms with Crippen molar-refractivity contribution in [1.29, 1.82) is 0 Å². The van der Waals surface area contributed by atoms with Gasteiger partial charge in [0.05, 0.1) is 14.1 Å². The minimum atomic E-state index is -0.283. The van der Waals surface area contributed by atoms with Crippen molar-refractivity contribution in [3.05, 3.63) is 54.1 Å². The van der Waals surface area contributed by atoms with Crippen molar-refractivity contribution in [2.45, 2.75) is 6.92 Å². The van der Waals surface area contributed by atoms with Crippen molar-refractivity contribution in [3.8, 4) is 11.4 Å². The fourth-order valence-corrected chi connectivity index (χ4v) is 3.13.